The Kier molecular flexibility index (Phi) is 2.80. The van der Waals surface area contributed by atoms with Gasteiger partial charge in [-0.15, -0.1) is 11.6 Å². The predicted octanol–water partition coefficient (Wildman–Crippen LogP) is 1.99. The summed E-state index contributed by atoms with van der Waals surface area (Å²) >= 11 is 5.39. The summed E-state index contributed by atoms with van der Waals surface area (Å²) in [4.78, 5) is 11.2. The topological polar surface area (TPSA) is 57.3 Å². The van der Waals surface area contributed by atoms with Gasteiger partial charge in [-0.25, -0.2) is 0 Å². The van der Waals surface area contributed by atoms with E-state index in [1.807, 2.05) is 24.4 Å². The van der Waals surface area contributed by atoms with E-state index >= 15 is 0 Å². The number of amides is 1. The lowest BCUT2D eigenvalue weighted by Crippen LogP contribution is -2.12. The summed E-state index contributed by atoms with van der Waals surface area (Å²) in [6.45, 7) is 0. The van der Waals surface area contributed by atoms with Gasteiger partial charge in [0, 0.05) is 12.4 Å². The number of nitrogens with zero attached hydrogens (tertiary/aromatic N) is 2. The Morgan fingerprint density at radius 1 is 1.56 bits per heavy atom. The lowest BCUT2D eigenvalue weighted by atomic mass is 10.2. The second kappa shape index (κ2) is 4.25. The SMILES string of the molecule is N#Cc1c(NC(=O)CCl)cn2ccccc12. The molecule has 0 bridgehead atoms. The van der Waals surface area contributed by atoms with Crippen LogP contribution >= 0.6 is 11.6 Å². The van der Waals surface area contributed by atoms with Gasteiger partial charge in [-0.3, -0.25) is 4.79 Å². The molecule has 1 N–H and O–H groups in total. The Labute approximate surface area is 97.1 Å². The van der Waals surface area contributed by atoms with Crippen LogP contribution in [0.25, 0.3) is 5.52 Å². The first-order chi connectivity index (χ1) is 7.76. The minimum Gasteiger partial charge on any atom is -0.323 e. The molecule has 0 saturated heterocycles. The monoisotopic (exact) mass is 233 g/mol. The van der Waals surface area contributed by atoms with E-state index in [0.29, 0.717) is 11.3 Å². The molecule has 5 heteroatoms. The Morgan fingerprint density at radius 3 is 3.06 bits per heavy atom. The summed E-state index contributed by atoms with van der Waals surface area (Å²) in [6.07, 6.45) is 3.50. The molecule has 0 saturated carbocycles. The van der Waals surface area contributed by atoms with Crippen LogP contribution < -0.4 is 5.32 Å². The standard InChI is InChI=1S/C11H8ClN3O/c12-5-11(16)14-9-7-15-4-2-1-3-10(15)8(9)6-13/h1-4,7H,5H2,(H,14,16). The molecule has 0 spiro atoms. The fourth-order valence-corrected chi connectivity index (χ4v) is 1.58. The number of nitrogens with one attached hydrogen (secondary N) is 1. The van der Waals surface area contributed by atoms with Gasteiger partial charge in [-0.2, -0.15) is 5.26 Å². The molecule has 0 atom stereocenters. The van der Waals surface area contributed by atoms with Crippen molar-refractivity contribution < 1.29 is 4.79 Å². The summed E-state index contributed by atoms with van der Waals surface area (Å²) in [6, 6.07) is 7.57. The van der Waals surface area contributed by atoms with E-state index in [0.717, 1.165) is 5.52 Å². The first kappa shape index (κ1) is 10.5. The molecule has 2 rings (SSSR count). The van der Waals surface area contributed by atoms with E-state index in [9.17, 15) is 4.79 Å². The van der Waals surface area contributed by atoms with Crippen molar-refractivity contribution in [3.05, 3.63) is 36.2 Å². The maximum atomic E-state index is 11.2. The fraction of sp³-hybridized carbons (Fsp3) is 0.0909. The summed E-state index contributed by atoms with van der Waals surface area (Å²) in [5, 5.41) is 11.6. The molecule has 0 unspecified atom stereocenters. The molecule has 0 fully saturated rings. The Balaban J connectivity index is 2.53. The molecule has 0 aromatic carbocycles. The summed E-state index contributed by atoms with van der Waals surface area (Å²) in [5.74, 6) is -0.453. The summed E-state index contributed by atoms with van der Waals surface area (Å²) in [5.41, 5.74) is 1.69. The molecule has 1 amide bonds. The molecule has 2 aromatic rings. The molecule has 0 aliphatic rings. The van der Waals surface area contributed by atoms with E-state index in [4.69, 9.17) is 16.9 Å². The fourth-order valence-electron chi connectivity index (χ4n) is 1.52. The smallest absolute Gasteiger partial charge is 0.239 e. The number of hydrogen-bond acceptors (Lipinski definition) is 2. The average Bonchev–Trinajstić information content (AvgIpc) is 2.65. The van der Waals surface area contributed by atoms with E-state index in [1.54, 1.807) is 10.6 Å². The number of aromatic nitrogens is 1. The number of halogens is 1. The van der Waals surface area contributed by atoms with Crippen LogP contribution in [0.1, 0.15) is 5.56 Å². The number of alkyl halides is 1. The van der Waals surface area contributed by atoms with Crippen molar-refractivity contribution in [2.45, 2.75) is 0 Å². The highest BCUT2D eigenvalue weighted by molar-refractivity contribution is 6.29. The van der Waals surface area contributed by atoms with Gasteiger partial charge < -0.3 is 9.72 Å². The van der Waals surface area contributed by atoms with Crippen LogP contribution in [0.4, 0.5) is 5.69 Å². The van der Waals surface area contributed by atoms with Crippen LogP contribution in [0.5, 0.6) is 0 Å². The van der Waals surface area contributed by atoms with E-state index in [-0.39, 0.29) is 11.8 Å². The number of nitriles is 1. The van der Waals surface area contributed by atoms with Crippen LogP contribution in [-0.4, -0.2) is 16.2 Å². The Morgan fingerprint density at radius 2 is 2.38 bits per heavy atom. The zero-order valence-corrected chi connectivity index (χ0v) is 9.03. The van der Waals surface area contributed by atoms with Gasteiger partial charge >= 0.3 is 0 Å². The zero-order valence-electron chi connectivity index (χ0n) is 8.27. The number of anilines is 1. The molecular formula is C11H8ClN3O. The molecule has 4 nitrogen and oxygen atoms in total. The summed E-state index contributed by atoms with van der Waals surface area (Å²) < 4.78 is 1.78. The minimum atomic E-state index is -0.325. The van der Waals surface area contributed by atoms with Gasteiger partial charge in [0.25, 0.3) is 0 Å². The minimum absolute atomic E-state index is 0.128. The van der Waals surface area contributed by atoms with Crippen LogP contribution in [0.2, 0.25) is 0 Å². The highest BCUT2D eigenvalue weighted by Crippen LogP contribution is 2.22. The van der Waals surface area contributed by atoms with Gasteiger partial charge in [0.05, 0.1) is 11.2 Å². The number of fused-ring (bicyclic) bond motifs is 1. The number of carbonyl (C=O) groups excluding carboxylic acids is 1. The largest absolute Gasteiger partial charge is 0.323 e. The lowest BCUT2D eigenvalue weighted by molar-refractivity contribution is -0.113. The van der Waals surface area contributed by atoms with Gasteiger partial charge in [0.2, 0.25) is 5.91 Å². The predicted molar refractivity (Wildman–Crippen MR) is 61.5 cm³/mol. The Hall–Kier alpha value is -1.99. The molecular weight excluding hydrogens is 226 g/mol. The second-order valence-corrected chi connectivity index (χ2v) is 3.47. The lowest BCUT2D eigenvalue weighted by Gasteiger charge is -1.98. The quantitative estimate of drug-likeness (QED) is 0.807. The molecule has 80 valence electrons. The van der Waals surface area contributed by atoms with Crippen molar-refractivity contribution in [1.29, 1.82) is 5.26 Å². The number of rotatable bonds is 2. The molecule has 2 heterocycles. The average molecular weight is 234 g/mol. The van der Waals surface area contributed by atoms with E-state index in [2.05, 4.69) is 11.4 Å². The van der Waals surface area contributed by atoms with Crippen molar-refractivity contribution in [2.24, 2.45) is 0 Å². The highest BCUT2D eigenvalue weighted by atomic mass is 35.5. The first-order valence-electron chi connectivity index (χ1n) is 4.62. The van der Waals surface area contributed by atoms with Crippen molar-refractivity contribution in [3.63, 3.8) is 0 Å². The van der Waals surface area contributed by atoms with Gasteiger partial charge in [-0.05, 0) is 12.1 Å². The van der Waals surface area contributed by atoms with Crippen LogP contribution in [0, 0.1) is 11.3 Å². The third-order valence-corrected chi connectivity index (χ3v) is 2.43. The van der Waals surface area contributed by atoms with Crippen LogP contribution in [-0.2, 0) is 4.79 Å². The van der Waals surface area contributed by atoms with Crippen molar-refractivity contribution in [3.8, 4) is 6.07 Å². The van der Waals surface area contributed by atoms with Crippen LogP contribution in [0.3, 0.4) is 0 Å². The zero-order chi connectivity index (χ0) is 11.5. The third kappa shape index (κ3) is 1.73. The van der Waals surface area contributed by atoms with E-state index in [1.165, 1.54) is 0 Å². The van der Waals surface area contributed by atoms with Gasteiger partial charge in [0.1, 0.15) is 17.5 Å². The number of pyridine rings is 1. The number of hydrogen-bond donors (Lipinski definition) is 1. The molecule has 0 radical (unpaired) electrons. The van der Waals surface area contributed by atoms with Gasteiger partial charge in [-0.1, -0.05) is 6.07 Å². The molecule has 16 heavy (non-hydrogen) atoms. The maximum Gasteiger partial charge on any atom is 0.239 e. The number of carbonyl (C=O) groups is 1. The normalized spacial score (nSPS) is 10.0. The molecule has 0 aliphatic heterocycles. The van der Waals surface area contributed by atoms with E-state index < -0.39 is 0 Å². The first-order valence-corrected chi connectivity index (χ1v) is 5.15. The van der Waals surface area contributed by atoms with Crippen molar-refractivity contribution >= 4 is 28.7 Å². The Bertz CT molecular complexity index is 582. The van der Waals surface area contributed by atoms with Crippen molar-refractivity contribution in [1.82, 2.24) is 4.40 Å². The molecule has 2 aromatic heterocycles. The molecule has 0 aliphatic carbocycles. The third-order valence-electron chi connectivity index (χ3n) is 2.19. The second-order valence-electron chi connectivity index (χ2n) is 3.20. The van der Waals surface area contributed by atoms with Crippen LogP contribution in [0.15, 0.2) is 30.6 Å². The maximum absolute atomic E-state index is 11.2. The highest BCUT2D eigenvalue weighted by Gasteiger charge is 2.11. The van der Waals surface area contributed by atoms with Gasteiger partial charge in [0.15, 0.2) is 0 Å². The van der Waals surface area contributed by atoms with Crippen molar-refractivity contribution in [2.75, 3.05) is 11.2 Å². The summed E-state index contributed by atoms with van der Waals surface area (Å²) in [7, 11) is 0.